The topological polar surface area (TPSA) is 169 Å². The third-order valence-corrected chi connectivity index (χ3v) is 3.88. The Hall–Kier alpha value is -3.51. The highest BCUT2D eigenvalue weighted by molar-refractivity contribution is 5.95. The Balaban J connectivity index is 2.09. The maximum Gasteiger partial charge on any atom is 0.434 e. The lowest BCUT2D eigenvalue weighted by Crippen LogP contribution is -2.33. The number of aliphatic hydroxyl groups excluding tert-OH is 2. The molecular weight excluding hydrogens is 386 g/mol. The van der Waals surface area contributed by atoms with Gasteiger partial charge in [-0.25, -0.2) is 4.57 Å². The molecule has 0 bridgehead atoms. The van der Waals surface area contributed by atoms with Crippen molar-refractivity contribution in [1.29, 1.82) is 0 Å². The summed E-state index contributed by atoms with van der Waals surface area (Å²) >= 11 is 0. The molecule has 1 aromatic carbocycles. The molecule has 0 fully saturated rings. The van der Waals surface area contributed by atoms with E-state index in [2.05, 4.69) is 15.6 Å². The van der Waals surface area contributed by atoms with Crippen LogP contribution in [0.3, 0.4) is 0 Å². The van der Waals surface area contributed by atoms with Gasteiger partial charge < -0.3 is 35.7 Å². The molecule has 0 radical (unpaired) electrons. The molecule has 1 heterocycles. The summed E-state index contributed by atoms with van der Waals surface area (Å²) in [7, 11) is 1.48. The summed E-state index contributed by atoms with van der Waals surface area (Å²) in [4.78, 5) is 37.4. The van der Waals surface area contributed by atoms with Crippen LogP contribution in [-0.2, 0) is 29.9 Å². The van der Waals surface area contributed by atoms with Gasteiger partial charge in [-0.2, -0.15) is 0 Å². The molecule has 1 aromatic heterocycles. The molecule has 2 aromatic rings. The second kappa shape index (κ2) is 10.1. The van der Waals surface area contributed by atoms with Crippen molar-refractivity contribution < 1.29 is 29.5 Å². The molecule has 2 rings (SSSR count). The third-order valence-electron chi connectivity index (χ3n) is 3.88. The molecule has 0 atom stereocenters. The fraction of sp³-hybridized carbons (Fsp3) is 0.353. The first kappa shape index (κ1) is 21.8. The van der Waals surface area contributed by atoms with Crippen molar-refractivity contribution in [2.75, 3.05) is 18.5 Å². The van der Waals surface area contributed by atoms with E-state index in [9.17, 15) is 24.8 Å². The molecule has 156 valence electrons. The molecule has 0 spiro atoms. The number of nitrogens with zero attached hydrogens (tertiary/aromatic N) is 3. The number of anilines is 1. The summed E-state index contributed by atoms with van der Waals surface area (Å²) in [5.41, 5.74) is 1.22. The van der Waals surface area contributed by atoms with Gasteiger partial charge in [0.2, 0.25) is 11.8 Å². The van der Waals surface area contributed by atoms with Crippen LogP contribution < -0.4 is 15.4 Å². The summed E-state index contributed by atoms with van der Waals surface area (Å²) in [5.74, 6) is -1.07. The number of amides is 2. The lowest BCUT2D eigenvalue weighted by molar-refractivity contribution is -0.396. The van der Waals surface area contributed by atoms with Gasteiger partial charge in [0.25, 0.3) is 0 Å². The van der Waals surface area contributed by atoms with Gasteiger partial charge in [-0.3, -0.25) is 9.59 Å². The van der Waals surface area contributed by atoms with Crippen LogP contribution >= 0.6 is 0 Å². The molecule has 29 heavy (non-hydrogen) atoms. The SMILES string of the molecule is Cn1c(COc2ccc(CO)cc2NC(=O)CNC(=O)CCO)cnc1[N+](=O)[O-]. The number of aliphatic hydroxyl groups is 2. The maximum atomic E-state index is 12.1. The molecule has 4 N–H and O–H groups in total. The van der Waals surface area contributed by atoms with Gasteiger partial charge in [0.1, 0.15) is 18.6 Å². The number of hydrogen-bond acceptors (Lipinski definition) is 8. The predicted octanol–water partition coefficient (Wildman–Crippen LogP) is -0.163. The normalized spacial score (nSPS) is 10.4. The fourth-order valence-electron chi connectivity index (χ4n) is 2.35. The standard InChI is InChI=1S/C17H21N5O7/c1-21-12(7-19-17(21)22(27)28)10-29-14-3-2-11(9-24)6-13(14)20-16(26)8-18-15(25)4-5-23/h2-3,6-7,23-24H,4-5,8-10H2,1H3,(H,18,25)(H,20,26). The summed E-state index contributed by atoms with van der Waals surface area (Å²) in [6.45, 7) is -0.943. The van der Waals surface area contributed by atoms with Crippen molar-refractivity contribution >= 4 is 23.5 Å². The van der Waals surface area contributed by atoms with Crippen LogP contribution in [0.2, 0.25) is 0 Å². The minimum Gasteiger partial charge on any atom is -0.484 e. The van der Waals surface area contributed by atoms with Gasteiger partial charge in [0, 0.05) is 6.42 Å². The first-order valence-electron chi connectivity index (χ1n) is 8.54. The van der Waals surface area contributed by atoms with Gasteiger partial charge in [-0.15, -0.1) is 0 Å². The van der Waals surface area contributed by atoms with Gasteiger partial charge in [-0.05, 0) is 22.6 Å². The fourth-order valence-corrected chi connectivity index (χ4v) is 2.35. The summed E-state index contributed by atoms with van der Waals surface area (Å²) < 4.78 is 6.94. The van der Waals surface area contributed by atoms with Gasteiger partial charge >= 0.3 is 5.95 Å². The lowest BCUT2D eigenvalue weighted by Gasteiger charge is -2.14. The highest BCUT2D eigenvalue weighted by atomic mass is 16.6. The first-order chi connectivity index (χ1) is 13.8. The molecule has 0 saturated heterocycles. The molecular formula is C17H21N5O7. The summed E-state index contributed by atoms with van der Waals surface area (Å²) in [6, 6.07) is 4.64. The van der Waals surface area contributed by atoms with Crippen LogP contribution in [0.4, 0.5) is 11.6 Å². The van der Waals surface area contributed by atoms with Crippen LogP contribution in [0.1, 0.15) is 17.7 Å². The number of nitrogens with one attached hydrogen (secondary N) is 2. The Labute approximate surface area is 165 Å². The van der Waals surface area contributed by atoms with Crippen LogP contribution in [0.25, 0.3) is 0 Å². The lowest BCUT2D eigenvalue weighted by atomic mass is 10.2. The minimum atomic E-state index is -0.615. The highest BCUT2D eigenvalue weighted by Crippen LogP contribution is 2.27. The number of imidazole rings is 1. The molecule has 12 heteroatoms. The van der Waals surface area contributed by atoms with E-state index < -0.39 is 16.7 Å². The van der Waals surface area contributed by atoms with E-state index >= 15 is 0 Å². The molecule has 0 saturated carbocycles. The van der Waals surface area contributed by atoms with E-state index in [1.807, 2.05) is 0 Å². The Morgan fingerprint density at radius 3 is 2.69 bits per heavy atom. The Bertz CT molecular complexity index is 896. The predicted molar refractivity (Wildman–Crippen MR) is 99.9 cm³/mol. The molecule has 12 nitrogen and oxygen atoms in total. The average molecular weight is 407 g/mol. The van der Waals surface area contributed by atoms with Crippen molar-refractivity contribution in [2.24, 2.45) is 7.05 Å². The highest BCUT2D eigenvalue weighted by Gasteiger charge is 2.18. The second-order valence-electron chi connectivity index (χ2n) is 5.94. The number of aromatic nitrogens is 2. The van der Waals surface area contributed by atoms with Crippen LogP contribution in [0.15, 0.2) is 24.4 Å². The van der Waals surface area contributed by atoms with Crippen molar-refractivity contribution in [2.45, 2.75) is 19.6 Å². The van der Waals surface area contributed by atoms with Crippen LogP contribution in [-0.4, -0.2) is 49.7 Å². The molecule has 0 unspecified atom stereocenters. The van der Waals surface area contributed by atoms with E-state index in [1.165, 1.54) is 29.9 Å². The smallest absolute Gasteiger partial charge is 0.434 e. The maximum absolute atomic E-state index is 12.1. The Kier molecular flexibility index (Phi) is 7.62. The Morgan fingerprint density at radius 2 is 2.07 bits per heavy atom. The van der Waals surface area contributed by atoms with E-state index in [-0.39, 0.29) is 50.2 Å². The van der Waals surface area contributed by atoms with Gasteiger partial charge in [-0.1, -0.05) is 11.1 Å². The molecule has 0 aliphatic carbocycles. The number of hydrogen-bond donors (Lipinski definition) is 4. The number of ether oxygens (including phenoxy) is 1. The monoisotopic (exact) mass is 407 g/mol. The van der Waals surface area contributed by atoms with Crippen LogP contribution in [0.5, 0.6) is 5.75 Å². The van der Waals surface area contributed by atoms with E-state index in [4.69, 9.17) is 9.84 Å². The number of rotatable bonds is 10. The van der Waals surface area contributed by atoms with Crippen molar-refractivity contribution in [3.05, 3.63) is 45.8 Å². The number of nitro groups is 1. The first-order valence-corrected chi connectivity index (χ1v) is 8.54. The Morgan fingerprint density at radius 1 is 1.31 bits per heavy atom. The molecule has 2 amide bonds. The van der Waals surface area contributed by atoms with E-state index in [0.717, 1.165) is 0 Å². The third kappa shape index (κ3) is 5.99. The zero-order chi connectivity index (χ0) is 21.4. The minimum absolute atomic E-state index is 0.0497. The average Bonchev–Trinajstić information content (AvgIpc) is 3.06. The van der Waals surface area contributed by atoms with Crippen molar-refractivity contribution in [3.63, 3.8) is 0 Å². The summed E-state index contributed by atoms with van der Waals surface area (Å²) in [5, 5.41) is 33.8. The van der Waals surface area contributed by atoms with Gasteiger partial charge in [0.05, 0.1) is 32.5 Å². The zero-order valence-electron chi connectivity index (χ0n) is 15.6. The van der Waals surface area contributed by atoms with Gasteiger partial charge in [0.15, 0.2) is 5.69 Å². The van der Waals surface area contributed by atoms with Crippen molar-refractivity contribution in [3.8, 4) is 5.75 Å². The second-order valence-corrected chi connectivity index (χ2v) is 5.94. The largest absolute Gasteiger partial charge is 0.484 e. The molecule has 0 aliphatic rings. The number of carbonyl (C=O) groups is 2. The number of benzene rings is 1. The van der Waals surface area contributed by atoms with Crippen molar-refractivity contribution in [1.82, 2.24) is 14.9 Å². The molecule has 0 aliphatic heterocycles. The van der Waals surface area contributed by atoms with E-state index in [0.29, 0.717) is 11.3 Å². The van der Waals surface area contributed by atoms with E-state index in [1.54, 1.807) is 6.07 Å². The number of carbonyl (C=O) groups excluding carboxylic acids is 2. The summed E-state index contributed by atoms with van der Waals surface area (Å²) in [6.07, 6.45) is 1.20. The quantitative estimate of drug-likeness (QED) is 0.311. The van der Waals surface area contributed by atoms with Crippen LogP contribution in [0, 0.1) is 10.1 Å². The zero-order valence-corrected chi connectivity index (χ0v) is 15.6.